The Morgan fingerprint density at radius 2 is 2.24 bits per heavy atom. The predicted molar refractivity (Wildman–Crippen MR) is 79.3 cm³/mol. The van der Waals surface area contributed by atoms with Crippen LogP contribution in [-0.4, -0.2) is 35.1 Å². The van der Waals surface area contributed by atoms with Crippen molar-refractivity contribution < 1.29 is 14.3 Å². The fourth-order valence-corrected chi connectivity index (χ4v) is 2.75. The van der Waals surface area contributed by atoms with Crippen LogP contribution in [0.5, 0.6) is 0 Å². The Balaban J connectivity index is 2.32. The van der Waals surface area contributed by atoms with Gasteiger partial charge in [-0.3, -0.25) is 4.79 Å². The van der Waals surface area contributed by atoms with Crippen molar-refractivity contribution in [2.45, 2.75) is 32.7 Å². The number of rotatable bonds is 2. The van der Waals surface area contributed by atoms with Crippen LogP contribution < -0.4 is 0 Å². The molecular weight excluding hydrogens is 269 g/mol. The Morgan fingerprint density at radius 3 is 2.86 bits per heavy atom. The van der Waals surface area contributed by atoms with Crippen molar-refractivity contribution in [3.8, 4) is 11.8 Å². The minimum atomic E-state index is -0.439. The van der Waals surface area contributed by atoms with Crippen LogP contribution in [0.1, 0.15) is 42.6 Å². The molecule has 21 heavy (non-hydrogen) atoms. The SMILES string of the molecule is CC1CC(C)N(C(=O)c2cc(F)ccc2C#CCCO)C1. The third kappa shape index (κ3) is 3.62. The zero-order valence-corrected chi connectivity index (χ0v) is 12.4. The number of hydrogen-bond donors (Lipinski definition) is 1. The average molecular weight is 289 g/mol. The number of aliphatic hydroxyl groups excluding tert-OH is 1. The first-order chi connectivity index (χ1) is 10.0. The molecule has 2 atom stereocenters. The van der Waals surface area contributed by atoms with Crippen LogP contribution in [0.15, 0.2) is 18.2 Å². The topological polar surface area (TPSA) is 40.5 Å². The molecule has 2 unspecified atom stereocenters. The Hall–Kier alpha value is -1.86. The summed E-state index contributed by atoms with van der Waals surface area (Å²) in [4.78, 5) is 14.4. The smallest absolute Gasteiger partial charge is 0.255 e. The zero-order chi connectivity index (χ0) is 15.4. The van der Waals surface area contributed by atoms with E-state index in [-0.39, 0.29) is 18.6 Å². The van der Waals surface area contributed by atoms with Crippen molar-refractivity contribution in [3.63, 3.8) is 0 Å². The summed E-state index contributed by atoms with van der Waals surface area (Å²) in [5, 5.41) is 8.77. The number of likely N-dealkylation sites (tertiary alicyclic amines) is 1. The van der Waals surface area contributed by atoms with Gasteiger partial charge in [0.15, 0.2) is 0 Å². The van der Waals surface area contributed by atoms with Gasteiger partial charge in [-0.25, -0.2) is 4.39 Å². The molecule has 1 heterocycles. The van der Waals surface area contributed by atoms with E-state index >= 15 is 0 Å². The van der Waals surface area contributed by atoms with Crippen LogP contribution in [-0.2, 0) is 0 Å². The minimum Gasteiger partial charge on any atom is -0.395 e. The van der Waals surface area contributed by atoms with Gasteiger partial charge in [0.05, 0.1) is 12.2 Å². The normalized spacial score (nSPS) is 21.0. The Labute approximate surface area is 124 Å². The van der Waals surface area contributed by atoms with E-state index < -0.39 is 5.82 Å². The molecule has 0 aliphatic carbocycles. The molecule has 1 aromatic carbocycles. The standard InChI is InChI=1S/C17H20FNO2/c1-12-9-13(2)19(11-12)17(21)16-10-15(18)7-6-14(16)5-3-4-8-20/h6-7,10,12-13,20H,4,8-9,11H2,1-2H3. The van der Waals surface area contributed by atoms with E-state index in [0.29, 0.717) is 30.0 Å². The maximum atomic E-state index is 13.5. The molecule has 3 nitrogen and oxygen atoms in total. The lowest BCUT2D eigenvalue weighted by atomic mass is 10.1. The third-order valence-electron chi connectivity index (χ3n) is 3.72. The highest BCUT2D eigenvalue weighted by molar-refractivity contribution is 5.97. The lowest BCUT2D eigenvalue weighted by Gasteiger charge is -2.22. The molecule has 0 spiro atoms. The van der Waals surface area contributed by atoms with Gasteiger partial charge in [0.1, 0.15) is 5.82 Å². The van der Waals surface area contributed by atoms with Crippen LogP contribution in [0.2, 0.25) is 0 Å². The molecule has 4 heteroatoms. The predicted octanol–water partition coefficient (Wildman–Crippen LogP) is 2.43. The fraction of sp³-hybridized carbons (Fsp3) is 0.471. The second-order valence-electron chi connectivity index (χ2n) is 5.61. The Morgan fingerprint density at radius 1 is 1.48 bits per heavy atom. The third-order valence-corrected chi connectivity index (χ3v) is 3.72. The van der Waals surface area contributed by atoms with Gasteiger partial charge >= 0.3 is 0 Å². The molecule has 1 amide bonds. The highest BCUT2D eigenvalue weighted by atomic mass is 19.1. The van der Waals surface area contributed by atoms with Crippen molar-refractivity contribution in [2.24, 2.45) is 5.92 Å². The fourth-order valence-electron chi connectivity index (χ4n) is 2.75. The maximum absolute atomic E-state index is 13.5. The molecule has 0 bridgehead atoms. The number of amides is 1. The van der Waals surface area contributed by atoms with E-state index in [2.05, 4.69) is 18.8 Å². The summed E-state index contributed by atoms with van der Waals surface area (Å²) >= 11 is 0. The lowest BCUT2D eigenvalue weighted by Crippen LogP contribution is -2.34. The summed E-state index contributed by atoms with van der Waals surface area (Å²) in [6.45, 7) is 4.79. The van der Waals surface area contributed by atoms with Crippen molar-refractivity contribution in [3.05, 3.63) is 35.1 Å². The summed E-state index contributed by atoms with van der Waals surface area (Å²) in [6.07, 6.45) is 1.30. The second-order valence-corrected chi connectivity index (χ2v) is 5.61. The molecule has 2 rings (SSSR count). The lowest BCUT2D eigenvalue weighted by molar-refractivity contribution is 0.0743. The van der Waals surface area contributed by atoms with E-state index in [0.717, 1.165) is 6.42 Å². The highest BCUT2D eigenvalue weighted by Crippen LogP contribution is 2.25. The number of carbonyl (C=O) groups is 1. The van der Waals surface area contributed by atoms with Crippen LogP contribution in [0.3, 0.4) is 0 Å². The van der Waals surface area contributed by atoms with E-state index in [1.165, 1.54) is 18.2 Å². The second kappa shape index (κ2) is 6.73. The number of hydrogen-bond acceptors (Lipinski definition) is 2. The first-order valence-corrected chi connectivity index (χ1v) is 7.23. The molecule has 1 aliphatic rings. The molecule has 112 valence electrons. The van der Waals surface area contributed by atoms with Crippen molar-refractivity contribution in [1.29, 1.82) is 0 Å². The van der Waals surface area contributed by atoms with E-state index in [4.69, 9.17) is 5.11 Å². The number of aliphatic hydroxyl groups is 1. The van der Waals surface area contributed by atoms with Crippen molar-refractivity contribution in [2.75, 3.05) is 13.2 Å². The first kappa shape index (κ1) is 15.5. The van der Waals surface area contributed by atoms with Crippen molar-refractivity contribution in [1.82, 2.24) is 4.90 Å². The zero-order valence-electron chi connectivity index (χ0n) is 12.4. The minimum absolute atomic E-state index is 0.0296. The van der Waals surface area contributed by atoms with Crippen LogP contribution in [0.4, 0.5) is 4.39 Å². The molecule has 1 aromatic rings. The van der Waals surface area contributed by atoms with E-state index in [9.17, 15) is 9.18 Å². The molecule has 1 saturated heterocycles. The maximum Gasteiger partial charge on any atom is 0.255 e. The number of carbonyl (C=O) groups excluding carboxylic acids is 1. The van der Waals surface area contributed by atoms with Gasteiger partial charge in [-0.2, -0.15) is 0 Å². The molecular formula is C17H20FNO2. The van der Waals surface area contributed by atoms with Gasteiger partial charge in [0.2, 0.25) is 0 Å². The average Bonchev–Trinajstić information content (AvgIpc) is 2.78. The number of halogens is 1. The molecule has 0 radical (unpaired) electrons. The van der Waals surface area contributed by atoms with Gasteiger partial charge in [-0.05, 0) is 37.5 Å². The van der Waals surface area contributed by atoms with Crippen LogP contribution >= 0.6 is 0 Å². The molecule has 0 aromatic heterocycles. The summed E-state index contributed by atoms with van der Waals surface area (Å²) in [5.74, 6) is 5.48. The van der Waals surface area contributed by atoms with Gasteiger partial charge in [0.25, 0.3) is 5.91 Å². The number of nitrogens with zero attached hydrogens (tertiary/aromatic N) is 1. The van der Waals surface area contributed by atoms with Gasteiger partial charge in [-0.1, -0.05) is 18.8 Å². The largest absolute Gasteiger partial charge is 0.395 e. The first-order valence-electron chi connectivity index (χ1n) is 7.23. The van der Waals surface area contributed by atoms with Crippen molar-refractivity contribution >= 4 is 5.91 Å². The molecule has 1 fully saturated rings. The van der Waals surface area contributed by atoms with Gasteiger partial charge in [-0.15, -0.1) is 0 Å². The van der Waals surface area contributed by atoms with E-state index in [1.54, 1.807) is 4.90 Å². The monoisotopic (exact) mass is 289 g/mol. The van der Waals surface area contributed by atoms with Crippen LogP contribution in [0.25, 0.3) is 0 Å². The quantitative estimate of drug-likeness (QED) is 0.850. The Kier molecular flexibility index (Phi) is 4.98. The summed E-state index contributed by atoms with van der Waals surface area (Å²) in [7, 11) is 0. The summed E-state index contributed by atoms with van der Waals surface area (Å²) in [5.41, 5.74) is 0.822. The highest BCUT2D eigenvalue weighted by Gasteiger charge is 2.31. The Bertz CT molecular complexity index is 588. The number of benzene rings is 1. The molecule has 0 saturated carbocycles. The van der Waals surface area contributed by atoms with Crippen LogP contribution in [0, 0.1) is 23.6 Å². The van der Waals surface area contributed by atoms with Gasteiger partial charge in [0, 0.05) is 24.6 Å². The summed E-state index contributed by atoms with van der Waals surface area (Å²) < 4.78 is 13.5. The molecule has 1 aliphatic heterocycles. The van der Waals surface area contributed by atoms with Gasteiger partial charge < -0.3 is 10.0 Å². The summed E-state index contributed by atoms with van der Waals surface area (Å²) in [6, 6.07) is 4.24. The van der Waals surface area contributed by atoms with E-state index in [1.807, 2.05) is 6.92 Å². The molecule has 1 N–H and O–H groups in total.